The Balaban J connectivity index is 1.24. The fourth-order valence-electron chi connectivity index (χ4n) is 3.35. The van der Waals surface area contributed by atoms with E-state index in [4.69, 9.17) is 4.42 Å². The summed E-state index contributed by atoms with van der Waals surface area (Å²) in [7, 11) is 0. The Hall–Kier alpha value is -1.82. The Morgan fingerprint density at radius 1 is 1.33 bits per heavy atom. The number of aromatic nitrogens is 1. The third-order valence-electron chi connectivity index (χ3n) is 5.06. The molecule has 3 heterocycles. The highest BCUT2D eigenvalue weighted by atomic mass is 32.1. The van der Waals surface area contributed by atoms with Crippen LogP contribution in [-0.2, 0) is 11.2 Å². The molecule has 5 nitrogen and oxygen atoms in total. The number of hydrogen-bond donors (Lipinski definition) is 0. The van der Waals surface area contributed by atoms with Crippen molar-refractivity contribution in [2.45, 2.75) is 32.1 Å². The Morgan fingerprint density at radius 3 is 2.79 bits per heavy atom. The molecule has 0 bridgehead atoms. The first-order valence-corrected chi connectivity index (χ1v) is 9.59. The number of hydrogen-bond acceptors (Lipinski definition) is 5. The molecule has 4 rings (SSSR count). The van der Waals surface area contributed by atoms with Gasteiger partial charge in [0.05, 0.1) is 0 Å². The smallest absolute Gasteiger partial charge is 0.223 e. The first-order valence-electron chi connectivity index (χ1n) is 8.71. The van der Waals surface area contributed by atoms with Gasteiger partial charge in [0, 0.05) is 56.5 Å². The number of furan rings is 1. The number of aryl methyl sites for hydroxylation is 1. The topological polar surface area (TPSA) is 49.6 Å². The molecule has 2 aromatic rings. The van der Waals surface area contributed by atoms with Gasteiger partial charge in [0.25, 0.3) is 0 Å². The molecular weight excluding hydrogens is 322 g/mol. The van der Waals surface area contributed by atoms with E-state index in [1.54, 1.807) is 11.3 Å². The molecule has 0 unspecified atom stereocenters. The number of piperazine rings is 1. The Kier molecular flexibility index (Phi) is 4.31. The minimum absolute atomic E-state index is 0.228. The molecule has 0 N–H and O–H groups in total. The van der Waals surface area contributed by atoms with Crippen molar-refractivity contribution in [1.82, 2.24) is 9.88 Å². The molecule has 1 saturated heterocycles. The normalized spacial score (nSPS) is 23.5. The van der Waals surface area contributed by atoms with Crippen LogP contribution in [-0.4, -0.2) is 42.0 Å². The predicted molar refractivity (Wildman–Crippen MR) is 94.5 cm³/mol. The summed E-state index contributed by atoms with van der Waals surface area (Å²) in [4.78, 5) is 21.0. The van der Waals surface area contributed by atoms with Gasteiger partial charge in [-0.15, -0.1) is 11.3 Å². The first kappa shape index (κ1) is 15.7. The van der Waals surface area contributed by atoms with Crippen molar-refractivity contribution in [3.63, 3.8) is 0 Å². The molecule has 2 fully saturated rings. The lowest BCUT2D eigenvalue weighted by molar-refractivity contribution is -0.131. The zero-order chi connectivity index (χ0) is 16.5. The maximum absolute atomic E-state index is 12.4. The number of carbonyl (C=O) groups excluding carboxylic acids is 1. The average Bonchev–Trinajstić information content (AvgIpc) is 3.04. The summed E-state index contributed by atoms with van der Waals surface area (Å²) in [6.07, 6.45) is 4.30. The number of amides is 1. The van der Waals surface area contributed by atoms with Crippen molar-refractivity contribution in [3.8, 4) is 0 Å². The van der Waals surface area contributed by atoms with Gasteiger partial charge in [-0.25, -0.2) is 4.98 Å². The summed E-state index contributed by atoms with van der Waals surface area (Å²) < 4.78 is 5.90. The van der Waals surface area contributed by atoms with E-state index in [0.29, 0.717) is 18.8 Å². The second-order valence-corrected chi connectivity index (χ2v) is 7.68. The van der Waals surface area contributed by atoms with Gasteiger partial charge in [-0.05, 0) is 24.5 Å². The summed E-state index contributed by atoms with van der Waals surface area (Å²) in [6.45, 7) is 5.54. The minimum atomic E-state index is 0.228. The van der Waals surface area contributed by atoms with E-state index in [1.807, 2.05) is 22.5 Å². The molecule has 0 radical (unpaired) electrons. The van der Waals surface area contributed by atoms with Crippen LogP contribution in [0.15, 0.2) is 28.1 Å². The second kappa shape index (κ2) is 6.59. The molecule has 0 aromatic carbocycles. The molecule has 1 aliphatic heterocycles. The van der Waals surface area contributed by atoms with E-state index in [-0.39, 0.29) is 5.91 Å². The van der Waals surface area contributed by atoms with E-state index in [9.17, 15) is 4.79 Å². The van der Waals surface area contributed by atoms with Crippen LogP contribution in [0.5, 0.6) is 0 Å². The fourth-order valence-corrected chi connectivity index (χ4v) is 4.05. The maximum atomic E-state index is 12.4. The minimum Gasteiger partial charge on any atom is -0.466 e. The molecule has 128 valence electrons. The lowest BCUT2D eigenvalue weighted by atomic mass is 10.2. The highest BCUT2D eigenvalue weighted by molar-refractivity contribution is 7.13. The molecule has 24 heavy (non-hydrogen) atoms. The number of rotatable bonds is 5. The predicted octanol–water partition coefficient (Wildman–Crippen LogP) is 3.14. The van der Waals surface area contributed by atoms with E-state index >= 15 is 0 Å². The van der Waals surface area contributed by atoms with E-state index in [0.717, 1.165) is 48.7 Å². The van der Waals surface area contributed by atoms with E-state index in [1.165, 1.54) is 6.42 Å². The van der Waals surface area contributed by atoms with Crippen molar-refractivity contribution in [2.24, 2.45) is 5.92 Å². The van der Waals surface area contributed by atoms with Crippen LogP contribution in [0.3, 0.4) is 0 Å². The van der Waals surface area contributed by atoms with Crippen LogP contribution in [0.1, 0.15) is 37.2 Å². The van der Waals surface area contributed by atoms with Gasteiger partial charge in [0.1, 0.15) is 11.5 Å². The Bertz CT molecular complexity index is 689. The number of thiazole rings is 1. The lowest BCUT2D eigenvalue weighted by Gasteiger charge is -2.34. The summed E-state index contributed by atoms with van der Waals surface area (Å²) >= 11 is 1.66. The largest absolute Gasteiger partial charge is 0.466 e. The Labute approximate surface area is 146 Å². The van der Waals surface area contributed by atoms with Crippen LogP contribution in [0.2, 0.25) is 0 Å². The van der Waals surface area contributed by atoms with Gasteiger partial charge in [0.15, 0.2) is 5.13 Å². The molecule has 6 heteroatoms. The van der Waals surface area contributed by atoms with Crippen molar-refractivity contribution in [3.05, 3.63) is 35.2 Å². The quantitative estimate of drug-likeness (QED) is 0.835. The third kappa shape index (κ3) is 3.34. The van der Waals surface area contributed by atoms with Crippen molar-refractivity contribution < 1.29 is 9.21 Å². The SMILES string of the molecule is C[C@@H]1C[C@H]1c1ccc(CCC(=O)N2CCN(c3nccs3)CC2)o1. The van der Waals surface area contributed by atoms with Gasteiger partial charge < -0.3 is 14.2 Å². The zero-order valence-electron chi connectivity index (χ0n) is 14.0. The summed E-state index contributed by atoms with van der Waals surface area (Å²) in [6, 6.07) is 4.12. The monoisotopic (exact) mass is 345 g/mol. The molecule has 0 spiro atoms. The molecule has 2 atom stereocenters. The molecule has 1 saturated carbocycles. The molecule has 1 amide bonds. The number of anilines is 1. The average molecular weight is 345 g/mol. The van der Waals surface area contributed by atoms with Crippen LogP contribution in [0.25, 0.3) is 0 Å². The van der Waals surface area contributed by atoms with Gasteiger partial charge in [0.2, 0.25) is 5.91 Å². The third-order valence-corrected chi connectivity index (χ3v) is 5.90. The maximum Gasteiger partial charge on any atom is 0.223 e. The highest BCUT2D eigenvalue weighted by Gasteiger charge is 2.36. The van der Waals surface area contributed by atoms with Gasteiger partial charge in [-0.2, -0.15) is 0 Å². The lowest BCUT2D eigenvalue weighted by Crippen LogP contribution is -2.48. The van der Waals surface area contributed by atoms with Gasteiger partial charge in [-0.3, -0.25) is 4.79 Å². The highest BCUT2D eigenvalue weighted by Crippen LogP contribution is 2.47. The van der Waals surface area contributed by atoms with Crippen LogP contribution < -0.4 is 4.90 Å². The van der Waals surface area contributed by atoms with Crippen molar-refractivity contribution in [1.29, 1.82) is 0 Å². The van der Waals surface area contributed by atoms with Crippen molar-refractivity contribution in [2.75, 3.05) is 31.1 Å². The Morgan fingerprint density at radius 2 is 2.12 bits per heavy atom. The summed E-state index contributed by atoms with van der Waals surface area (Å²) in [5, 5.41) is 3.05. The van der Waals surface area contributed by atoms with Gasteiger partial charge in [-0.1, -0.05) is 6.92 Å². The van der Waals surface area contributed by atoms with E-state index < -0.39 is 0 Å². The second-order valence-electron chi connectivity index (χ2n) is 6.81. The van der Waals surface area contributed by atoms with Gasteiger partial charge >= 0.3 is 0 Å². The number of carbonyl (C=O) groups is 1. The zero-order valence-corrected chi connectivity index (χ0v) is 14.8. The van der Waals surface area contributed by atoms with Crippen molar-refractivity contribution >= 4 is 22.4 Å². The molecule has 2 aromatic heterocycles. The summed E-state index contributed by atoms with van der Waals surface area (Å²) in [5.41, 5.74) is 0. The van der Waals surface area contributed by atoms with Crippen LogP contribution >= 0.6 is 11.3 Å². The fraction of sp³-hybridized carbons (Fsp3) is 0.556. The number of nitrogens with zero attached hydrogens (tertiary/aromatic N) is 3. The molecule has 1 aliphatic carbocycles. The van der Waals surface area contributed by atoms with Crippen LogP contribution in [0, 0.1) is 5.92 Å². The first-order chi connectivity index (χ1) is 11.7. The van der Waals surface area contributed by atoms with E-state index in [2.05, 4.69) is 22.9 Å². The summed E-state index contributed by atoms with van der Waals surface area (Å²) in [5.74, 6) is 3.63. The standard InChI is InChI=1S/C18H23N3O2S/c1-13-12-15(13)16-4-2-14(23-16)3-5-17(22)20-7-9-21(10-8-20)18-19-6-11-24-18/h2,4,6,11,13,15H,3,5,7-10,12H2,1H3/t13-,15-/m1/s1. The molecule has 2 aliphatic rings. The molecular formula is C18H23N3O2S. The van der Waals surface area contributed by atoms with Crippen LogP contribution in [0.4, 0.5) is 5.13 Å².